The number of rotatable bonds is 6. The zero-order valence-electron chi connectivity index (χ0n) is 15.2. The number of nitrogens with one attached hydrogen (secondary N) is 1. The van der Waals surface area contributed by atoms with E-state index >= 15 is 0 Å². The highest BCUT2D eigenvalue weighted by atomic mass is 79.9. The first-order valence-corrected chi connectivity index (χ1v) is 9.53. The van der Waals surface area contributed by atoms with Crippen LogP contribution in [-0.4, -0.2) is 20.9 Å². The fourth-order valence-electron chi connectivity index (χ4n) is 2.72. The Balaban J connectivity index is 1.48. The van der Waals surface area contributed by atoms with Gasteiger partial charge in [0.15, 0.2) is 0 Å². The van der Waals surface area contributed by atoms with Crippen LogP contribution in [0.3, 0.4) is 0 Å². The maximum atomic E-state index is 11.2. The molecule has 1 amide bonds. The lowest BCUT2D eigenvalue weighted by Gasteiger charge is -2.09. The molecular weight excluding hydrogens is 434 g/mol. The molecule has 0 saturated heterocycles. The van der Waals surface area contributed by atoms with Crippen molar-refractivity contribution in [2.45, 2.75) is 6.61 Å². The SMILES string of the molecule is NC(=O)c1cc(COc2ccc3nc(Nc4cccc(Br)c4)ncc3c2)ccn1. The number of carbonyl (C=O) groups is 1. The molecule has 29 heavy (non-hydrogen) atoms. The average molecular weight is 450 g/mol. The van der Waals surface area contributed by atoms with Crippen LogP contribution in [0.4, 0.5) is 11.6 Å². The molecule has 4 aromatic rings. The van der Waals surface area contributed by atoms with Crippen molar-refractivity contribution < 1.29 is 9.53 Å². The highest BCUT2D eigenvalue weighted by Gasteiger charge is 2.06. The standard InChI is InChI=1S/C21H16BrN5O2/c22-15-2-1-3-16(10-15)26-21-25-11-14-9-17(4-5-18(14)27-21)29-12-13-6-7-24-19(8-13)20(23)28/h1-11H,12H2,(H2,23,28)(H,25,26,27). The highest BCUT2D eigenvalue weighted by Crippen LogP contribution is 2.23. The van der Waals surface area contributed by atoms with Crippen LogP contribution in [0.2, 0.25) is 0 Å². The van der Waals surface area contributed by atoms with Crippen LogP contribution in [0.1, 0.15) is 16.1 Å². The third-order valence-electron chi connectivity index (χ3n) is 4.11. The first kappa shape index (κ1) is 18.8. The predicted octanol–water partition coefficient (Wildman–Crippen LogP) is 4.21. The van der Waals surface area contributed by atoms with Crippen molar-refractivity contribution in [3.8, 4) is 5.75 Å². The van der Waals surface area contributed by atoms with E-state index in [4.69, 9.17) is 10.5 Å². The van der Waals surface area contributed by atoms with Crippen LogP contribution < -0.4 is 15.8 Å². The van der Waals surface area contributed by atoms with Crippen molar-refractivity contribution in [2.75, 3.05) is 5.32 Å². The Morgan fingerprint density at radius 2 is 2.00 bits per heavy atom. The van der Waals surface area contributed by atoms with Gasteiger partial charge in [-0.15, -0.1) is 0 Å². The van der Waals surface area contributed by atoms with Crippen molar-refractivity contribution in [3.05, 3.63) is 82.7 Å². The van der Waals surface area contributed by atoms with Gasteiger partial charge in [0.05, 0.1) is 5.52 Å². The molecule has 0 aliphatic heterocycles. The minimum absolute atomic E-state index is 0.212. The Labute approximate surface area is 175 Å². The van der Waals surface area contributed by atoms with E-state index in [0.29, 0.717) is 11.7 Å². The number of nitrogens with zero attached hydrogens (tertiary/aromatic N) is 3. The maximum absolute atomic E-state index is 11.2. The van der Waals surface area contributed by atoms with Gasteiger partial charge in [-0.05, 0) is 54.1 Å². The summed E-state index contributed by atoms with van der Waals surface area (Å²) >= 11 is 3.44. The van der Waals surface area contributed by atoms with E-state index in [9.17, 15) is 4.79 Å². The first-order chi connectivity index (χ1) is 14.1. The average Bonchev–Trinajstić information content (AvgIpc) is 2.72. The molecule has 0 fully saturated rings. The van der Waals surface area contributed by atoms with Crippen LogP contribution in [-0.2, 0) is 6.61 Å². The minimum atomic E-state index is -0.568. The topological polar surface area (TPSA) is 103 Å². The normalized spacial score (nSPS) is 10.7. The highest BCUT2D eigenvalue weighted by molar-refractivity contribution is 9.10. The number of aromatic nitrogens is 3. The molecule has 4 rings (SSSR count). The lowest BCUT2D eigenvalue weighted by atomic mass is 10.2. The fourth-order valence-corrected chi connectivity index (χ4v) is 3.12. The van der Waals surface area contributed by atoms with Crippen LogP contribution in [0.5, 0.6) is 5.75 Å². The van der Waals surface area contributed by atoms with E-state index in [1.807, 2.05) is 42.5 Å². The Morgan fingerprint density at radius 3 is 2.83 bits per heavy atom. The smallest absolute Gasteiger partial charge is 0.267 e. The van der Waals surface area contributed by atoms with Gasteiger partial charge in [0, 0.05) is 27.9 Å². The van der Waals surface area contributed by atoms with Crippen molar-refractivity contribution in [1.82, 2.24) is 15.0 Å². The summed E-state index contributed by atoms with van der Waals surface area (Å²) in [5, 5.41) is 4.04. The van der Waals surface area contributed by atoms with E-state index in [1.165, 1.54) is 6.20 Å². The van der Waals surface area contributed by atoms with Crippen molar-refractivity contribution >= 4 is 44.4 Å². The second-order valence-electron chi connectivity index (χ2n) is 6.25. The summed E-state index contributed by atoms with van der Waals surface area (Å²) in [5.74, 6) is 0.619. The summed E-state index contributed by atoms with van der Waals surface area (Å²) in [6.07, 6.45) is 3.28. The summed E-state index contributed by atoms with van der Waals surface area (Å²) in [7, 11) is 0. The Bertz CT molecular complexity index is 1200. The summed E-state index contributed by atoms with van der Waals surface area (Å²) in [6, 6.07) is 16.8. The molecule has 0 radical (unpaired) electrons. The summed E-state index contributed by atoms with van der Waals surface area (Å²) in [4.78, 5) is 24.1. The fraction of sp³-hybridized carbons (Fsp3) is 0.0476. The van der Waals surface area contributed by atoms with E-state index in [-0.39, 0.29) is 12.3 Å². The number of benzene rings is 2. The number of anilines is 2. The number of hydrogen-bond acceptors (Lipinski definition) is 6. The second kappa shape index (κ2) is 8.24. The number of primary amides is 1. The van der Waals surface area contributed by atoms with Crippen LogP contribution in [0, 0.1) is 0 Å². The number of hydrogen-bond donors (Lipinski definition) is 2. The van der Waals surface area contributed by atoms with Gasteiger partial charge < -0.3 is 15.8 Å². The van der Waals surface area contributed by atoms with Gasteiger partial charge in [-0.3, -0.25) is 9.78 Å². The van der Waals surface area contributed by atoms with Crippen molar-refractivity contribution in [3.63, 3.8) is 0 Å². The first-order valence-electron chi connectivity index (χ1n) is 8.74. The van der Waals surface area contributed by atoms with Crippen molar-refractivity contribution in [1.29, 1.82) is 0 Å². The molecule has 144 valence electrons. The monoisotopic (exact) mass is 449 g/mol. The summed E-state index contributed by atoms with van der Waals surface area (Å²) in [5.41, 5.74) is 7.96. The maximum Gasteiger partial charge on any atom is 0.267 e. The Morgan fingerprint density at radius 1 is 1.10 bits per heavy atom. The molecular formula is C21H16BrN5O2. The molecule has 8 heteroatoms. The molecule has 0 unspecified atom stereocenters. The van der Waals surface area contributed by atoms with E-state index in [0.717, 1.165) is 26.6 Å². The molecule has 0 spiro atoms. The number of halogens is 1. The molecule has 0 aliphatic rings. The molecule has 0 aliphatic carbocycles. The quantitative estimate of drug-likeness (QED) is 0.456. The largest absolute Gasteiger partial charge is 0.489 e. The molecule has 0 atom stereocenters. The van der Waals surface area contributed by atoms with Gasteiger partial charge in [0.2, 0.25) is 5.95 Å². The number of fused-ring (bicyclic) bond motifs is 1. The third-order valence-corrected chi connectivity index (χ3v) is 4.61. The van der Waals surface area contributed by atoms with Gasteiger partial charge in [-0.1, -0.05) is 22.0 Å². The zero-order chi connectivity index (χ0) is 20.2. The van der Waals surface area contributed by atoms with Gasteiger partial charge >= 0.3 is 0 Å². The zero-order valence-corrected chi connectivity index (χ0v) is 16.8. The van der Waals surface area contributed by atoms with Crippen molar-refractivity contribution in [2.24, 2.45) is 5.73 Å². The van der Waals surface area contributed by atoms with Crippen LogP contribution in [0.15, 0.2) is 71.5 Å². The molecule has 2 aromatic heterocycles. The number of amides is 1. The number of ether oxygens (including phenoxy) is 1. The summed E-state index contributed by atoms with van der Waals surface area (Å²) in [6.45, 7) is 0.289. The van der Waals surface area contributed by atoms with Crippen LogP contribution in [0.25, 0.3) is 10.9 Å². The molecule has 0 bridgehead atoms. The van der Waals surface area contributed by atoms with Gasteiger partial charge in [0.1, 0.15) is 18.1 Å². The molecule has 2 heterocycles. The van der Waals surface area contributed by atoms with E-state index in [2.05, 4.69) is 36.2 Å². The molecule has 2 aromatic carbocycles. The minimum Gasteiger partial charge on any atom is -0.489 e. The number of carbonyl (C=O) groups excluding carboxylic acids is 1. The third kappa shape index (κ3) is 4.67. The Kier molecular flexibility index (Phi) is 5.35. The van der Waals surface area contributed by atoms with Crippen LogP contribution >= 0.6 is 15.9 Å². The number of nitrogens with two attached hydrogens (primary N) is 1. The van der Waals surface area contributed by atoms with E-state index < -0.39 is 5.91 Å². The number of pyridine rings is 1. The lowest BCUT2D eigenvalue weighted by Crippen LogP contribution is -2.13. The van der Waals surface area contributed by atoms with Gasteiger partial charge in [-0.2, -0.15) is 0 Å². The molecule has 7 nitrogen and oxygen atoms in total. The second-order valence-corrected chi connectivity index (χ2v) is 7.17. The van der Waals surface area contributed by atoms with Gasteiger partial charge in [-0.25, -0.2) is 9.97 Å². The van der Waals surface area contributed by atoms with Gasteiger partial charge in [0.25, 0.3) is 5.91 Å². The summed E-state index contributed by atoms with van der Waals surface area (Å²) < 4.78 is 6.79. The molecule has 3 N–H and O–H groups in total. The van der Waals surface area contributed by atoms with E-state index in [1.54, 1.807) is 18.3 Å². The lowest BCUT2D eigenvalue weighted by molar-refractivity contribution is 0.0995. The Hall–Kier alpha value is -3.52. The predicted molar refractivity (Wildman–Crippen MR) is 114 cm³/mol. The molecule has 0 saturated carbocycles.